The molecule has 0 spiro atoms. The molecule has 0 saturated carbocycles. The highest BCUT2D eigenvalue weighted by Gasteiger charge is 2.27. The second-order valence-electron chi connectivity index (χ2n) is 6.35. The zero-order valence-electron chi connectivity index (χ0n) is 15.3. The highest BCUT2D eigenvalue weighted by Crippen LogP contribution is 2.25. The first-order valence-electron chi connectivity index (χ1n) is 8.83. The number of hydrogen-bond donors (Lipinski definition) is 2. The fourth-order valence-corrected chi connectivity index (χ4v) is 3.33. The lowest BCUT2D eigenvalue weighted by atomic mass is 10.0. The average molecular weight is 424 g/mol. The molecular weight excluding hydrogens is 401 g/mol. The van der Waals surface area contributed by atoms with Crippen molar-refractivity contribution in [2.24, 2.45) is 5.73 Å². The monoisotopic (exact) mass is 423 g/mol. The number of rotatable bonds is 6. The summed E-state index contributed by atoms with van der Waals surface area (Å²) in [6.45, 7) is 2.37. The Morgan fingerprint density at radius 2 is 1.96 bits per heavy atom. The van der Waals surface area contributed by atoms with Gasteiger partial charge in [-0.15, -0.1) is 12.4 Å². The van der Waals surface area contributed by atoms with Crippen molar-refractivity contribution in [1.29, 1.82) is 0 Å². The van der Waals surface area contributed by atoms with Gasteiger partial charge in [0.15, 0.2) is 0 Å². The van der Waals surface area contributed by atoms with Crippen molar-refractivity contribution in [3.8, 4) is 5.75 Å². The number of hydrogen-bond acceptors (Lipinski definition) is 4. The molecule has 1 heterocycles. The van der Waals surface area contributed by atoms with Gasteiger partial charge in [0, 0.05) is 30.2 Å². The summed E-state index contributed by atoms with van der Waals surface area (Å²) in [5.74, 6) is 0.150. The summed E-state index contributed by atoms with van der Waals surface area (Å²) in [5, 5.41) is 3.99. The number of primary amides is 1. The molecule has 8 heteroatoms. The molecule has 1 unspecified atom stereocenters. The summed E-state index contributed by atoms with van der Waals surface area (Å²) in [4.78, 5) is 25.7. The molecule has 6 nitrogen and oxygen atoms in total. The summed E-state index contributed by atoms with van der Waals surface area (Å²) < 4.78 is 5.63. The molecule has 2 aromatic rings. The quantitative estimate of drug-likeness (QED) is 0.747. The van der Waals surface area contributed by atoms with Gasteiger partial charge in [-0.2, -0.15) is 0 Å². The third kappa shape index (κ3) is 5.61. The lowest BCUT2D eigenvalue weighted by molar-refractivity contribution is -0.135. The van der Waals surface area contributed by atoms with Crippen molar-refractivity contribution in [3.05, 3.63) is 64.7 Å². The summed E-state index contributed by atoms with van der Waals surface area (Å²) in [7, 11) is 0. The van der Waals surface area contributed by atoms with Crippen LogP contribution in [0.1, 0.15) is 28.4 Å². The Balaban J connectivity index is 0.00000280. The lowest BCUT2D eigenvalue weighted by Crippen LogP contribution is -2.48. The van der Waals surface area contributed by atoms with Crippen LogP contribution in [-0.4, -0.2) is 43.0 Å². The van der Waals surface area contributed by atoms with E-state index >= 15 is 0 Å². The van der Waals surface area contributed by atoms with Crippen LogP contribution in [0.2, 0.25) is 5.02 Å². The Labute approximate surface area is 175 Å². The maximum absolute atomic E-state index is 12.7. The van der Waals surface area contributed by atoms with Gasteiger partial charge in [-0.05, 0) is 42.0 Å². The van der Waals surface area contributed by atoms with Crippen LogP contribution in [-0.2, 0) is 4.79 Å². The van der Waals surface area contributed by atoms with Gasteiger partial charge in [0.2, 0.25) is 11.8 Å². The molecule has 3 rings (SSSR count). The van der Waals surface area contributed by atoms with Gasteiger partial charge in [-0.25, -0.2) is 0 Å². The second-order valence-corrected chi connectivity index (χ2v) is 6.79. The molecule has 2 aromatic carbocycles. The predicted molar refractivity (Wildman–Crippen MR) is 111 cm³/mol. The first kappa shape index (κ1) is 22.0. The first-order chi connectivity index (χ1) is 13.0. The molecule has 150 valence electrons. The molecular formula is C20H23Cl2N3O3. The minimum absolute atomic E-state index is 0. The van der Waals surface area contributed by atoms with Crippen molar-refractivity contribution in [1.82, 2.24) is 10.2 Å². The smallest absolute Gasteiger partial charge is 0.248 e. The second kappa shape index (κ2) is 10.3. The normalized spacial score (nSPS) is 16.2. The van der Waals surface area contributed by atoms with Gasteiger partial charge in [0.05, 0.1) is 19.1 Å². The van der Waals surface area contributed by atoms with Crippen LogP contribution >= 0.6 is 24.0 Å². The summed E-state index contributed by atoms with van der Waals surface area (Å²) in [6.07, 6.45) is 0.272. The lowest BCUT2D eigenvalue weighted by Gasteiger charge is -2.36. The van der Waals surface area contributed by atoms with E-state index in [9.17, 15) is 9.59 Å². The van der Waals surface area contributed by atoms with E-state index in [-0.39, 0.29) is 37.4 Å². The van der Waals surface area contributed by atoms with E-state index in [4.69, 9.17) is 22.1 Å². The third-order valence-corrected chi connectivity index (χ3v) is 4.76. The molecule has 0 radical (unpaired) electrons. The number of piperazine rings is 1. The van der Waals surface area contributed by atoms with Crippen LogP contribution in [0.3, 0.4) is 0 Å². The number of carbonyl (C=O) groups excluding carboxylic acids is 2. The Kier molecular flexibility index (Phi) is 8.11. The van der Waals surface area contributed by atoms with Gasteiger partial charge in [-0.3, -0.25) is 9.59 Å². The number of nitrogens with zero attached hydrogens (tertiary/aromatic N) is 1. The average Bonchev–Trinajstić information content (AvgIpc) is 2.68. The highest BCUT2D eigenvalue weighted by molar-refractivity contribution is 6.30. The highest BCUT2D eigenvalue weighted by atomic mass is 35.5. The van der Waals surface area contributed by atoms with Crippen molar-refractivity contribution in [2.75, 3.05) is 26.2 Å². The van der Waals surface area contributed by atoms with E-state index in [2.05, 4.69) is 5.32 Å². The maximum Gasteiger partial charge on any atom is 0.248 e. The minimum atomic E-state index is -0.484. The van der Waals surface area contributed by atoms with Gasteiger partial charge < -0.3 is 20.7 Å². The Bertz CT molecular complexity index is 815. The molecule has 1 atom stereocenters. The number of nitrogens with two attached hydrogens (primary N) is 1. The zero-order valence-corrected chi connectivity index (χ0v) is 16.8. The molecule has 0 aliphatic carbocycles. The number of carbonyl (C=O) groups is 2. The molecule has 0 bridgehead atoms. The molecule has 1 saturated heterocycles. The minimum Gasteiger partial charge on any atom is -0.493 e. The Morgan fingerprint density at radius 1 is 1.21 bits per heavy atom. The van der Waals surface area contributed by atoms with E-state index < -0.39 is 5.91 Å². The van der Waals surface area contributed by atoms with Gasteiger partial charge in [-0.1, -0.05) is 23.7 Å². The number of amides is 2. The fraction of sp³-hybridized carbons (Fsp3) is 0.300. The van der Waals surface area contributed by atoms with Crippen LogP contribution in [0.4, 0.5) is 0 Å². The van der Waals surface area contributed by atoms with Crippen LogP contribution in [0.5, 0.6) is 5.75 Å². The van der Waals surface area contributed by atoms with E-state index in [1.165, 1.54) is 0 Å². The van der Waals surface area contributed by atoms with Crippen LogP contribution in [0.15, 0.2) is 48.5 Å². The Morgan fingerprint density at radius 3 is 2.64 bits per heavy atom. The molecule has 3 N–H and O–H groups in total. The van der Waals surface area contributed by atoms with E-state index in [1.54, 1.807) is 24.3 Å². The predicted octanol–water partition coefficient (Wildman–Crippen LogP) is 2.80. The number of ether oxygens (including phenoxy) is 1. The summed E-state index contributed by atoms with van der Waals surface area (Å²) in [5.41, 5.74) is 6.65. The maximum atomic E-state index is 12.7. The summed E-state index contributed by atoms with van der Waals surface area (Å²) >= 11 is 6.10. The molecule has 1 aliphatic heterocycles. The Hall–Kier alpha value is -2.28. The molecule has 1 fully saturated rings. The van der Waals surface area contributed by atoms with Crippen molar-refractivity contribution in [2.45, 2.75) is 12.5 Å². The standard InChI is InChI=1S/C20H22ClN3O3.ClH/c21-16-3-1-2-15(12-16)18-13-23-9-10-24(18)19(25)8-11-27-17-6-4-14(5-7-17)20(22)26;/h1-7,12,18,23H,8-11,13H2,(H2,22,26);1H. The largest absolute Gasteiger partial charge is 0.493 e. The fourth-order valence-electron chi connectivity index (χ4n) is 3.13. The molecule has 1 aliphatic rings. The third-order valence-electron chi connectivity index (χ3n) is 4.52. The van der Waals surface area contributed by atoms with E-state index in [0.717, 1.165) is 12.1 Å². The van der Waals surface area contributed by atoms with Gasteiger partial charge in [0.1, 0.15) is 5.75 Å². The van der Waals surface area contributed by atoms with Crippen LogP contribution in [0.25, 0.3) is 0 Å². The number of nitrogens with one attached hydrogen (secondary N) is 1. The van der Waals surface area contributed by atoms with E-state index in [0.29, 0.717) is 29.4 Å². The molecule has 28 heavy (non-hydrogen) atoms. The van der Waals surface area contributed by atoms with Crippen LogP contribution in [0, 0.1) is 0 Å². The first-order valence-corrected chi connectivity index (χ1v) is 9.21. The van der Waals surface area contributed by atoms with Crippen LogP contribution < -0.4 is 15.8 Å². The number of halogens is 2. The van der Waals surface area contributed by atoms with E-state index in [1.807, 2.05) is 29.2 Å². The number of benzene rings is 2. The molecule has 2 amide bonds. The van der Waals surface area contributed by atoms with Gasteiger partial charge in [0.25, 0.3) is 0 Å². The van der Waals surface area contributed by atoms with Crippen molar-refractivity contribution >= 4 is 35.8 Å². The van der Waals surface area contributed by atoms with Crippen molar-refractivity contribution in [3.63, 3.8) is 0 Å². The van der Waals surface area contributed by atoms with Crippen molar-refractivity contribution < 1.29 is 14.3 Å². The van der Waals surface area contributed by atoms with Gasteiger partial charge >= 0.3 is 0 Å². The topological polar surface area (TPSA) is 84.7 Å². The SMILES string of the molecule is Cl.NC(=O)c1ccc(OCCC(=O)N2CCNCC2c2cccc(Cl)c2)cc1. The summed E-state index contributed by atoms with van der Waals surface area (Å²) in [6, 6.07) is 14.1. The molecule has 0 aromatic heterocycles. The zero-order chi connectivity index (χ0) is 19.2.